The van der Waals surface area contributed by atoms with E-state index in [1.165, 1.54) is 0 Å². The zero-order chi connectivity index (χ0) is 17.8. The van der Waals surface area contributed by atoms with Crippen LogP contribution in [0.2, 0.25) is 0 Å². The number of ketones is 1. The summed E-state index contributed by atoms with van der Waals surface area (Å²) >= 11 is 0. The number of methoxy groups -OCH3 is 3. The van der Waals surface area contributed by atoms with Crippen LogP contribution in [0.5, 0.6) is 17.2 Å². The molecule has 1 aliphatic carbocycles. The summed E-state index contributed by atoms with van der Waals surface area (Å²) in [5, 5.41) is 0. The predicted octanol–water partition coefficient (Wildman–Crippen LogP) is 4.24. The van der Waals surface area contributed by atoms with Gasteiger partial charge in [-0.25, -0.2) is 0 Å². The number of hydrogen-bond acceptors (Lipinski definition) is 4. The van der Waals surface area contributed by atoms with Crippen molar-refractivity contribution in [2.45, 2.75) is 18.8 Å². The summed E-state index contributed by atoms with van der Waals surface area (Å²) in [5.41, 5.74) is 3.15. The first-order chi connectivity index (χ1) is 12.1. The lowest BCUT2D eigenvalue weighted by molar-refractivity contribution is -0.115. The fraction of sp³-hybridized carbons (Fsp3) is 0.286. The maximum atomic E-state index is 12.3. The van der Waals surface area contributed by atoms with E-state index in [1.54, 1.807) is 27.4 Å². The molecule has 0 aromatic heterocycles. The van der Waals surface area contributed by atoms with Gasteiger partial charge in [0.1, 0.15) is 5.75 Å². The Bertz CT molecular complexity index is 807. The summed E-state index contributed by atoms with van der Waals surface area (Å²) in [6, 6.07) is 13.7. The van der Waals surface area contributed by atoms with Gasteiger partial charge in [-0.15, -0.1) is 0 Å². The Kier molecular flexibility index (Phi) is 5.08. The summed E-state index contributed by atoms with van der Waals surface area (Å²) in [6.07, 6.45) is 3.06. The molecule has 4 heteroatoms. The molecular weight excluding hydrogens is 316 g/mol. The smallest absolute Gasteiger partial charge is 0.160 e. The van der Waals surface area contributed by atoms with Gasteiger partial charge < -0.3 is 14.2 Å². The van der Waals surface area contributed by atoms with Crippen LogP contribution in [0.4, 0.5) is 0 Å². The first-order valence-corrected chi connectivity index (χ1v) is 8.24. The number of benzene rings is 2. The highest BCUT2D eigenvalue weighted by Gasteiger charge is 2.24. The van der Waals surface area contributed by atoms with Crippen LogP contribution in [-0.2, 0) is 4.79 Å². The molecule has 0 heterocycles. The molecule has 0 fully saturated rings. The van der Waals surface area contributed by atoms with Crippen LogP contribution in [0.25, 0.3) is 5.57 Å². The van der Waals surface area contributed by atoms with Crippen LogP contribution in [0.3, 0.4) is 0 Å². The number of carbonyl (C=O) groups excluding carboxylic acids is 1. The maximum absolute atomic E-state index is 12.3. The highest BCUT2D eigenvalue weighted by Crippen LogP contribution is 2.39. The van der Waals surface area contributed by atoms with Crippen molar-refractivity contribution < 1.29 is 19.0 Å². The second-order valence-electron chi connectivity index (χ2n) is 6.09. The second kappa shape index (κ2) is 7.43. The molecule has 25 heavy (non-hydrogen) atoms. The highest BCUT2D eigenvalue weighted by atomic mass is 16.5. The molecule has 0 saturated heterocycles. The topological polar surface area (TPSA) is 44.8 Å². The number of rotatable bonds is 5. The molecule has 2 aromatic carbocycles. The standard InChI is InChI=1S/C21H22O4/c1-23-19-6-4-5-14(12-19)16-9-17(11-18(22)10-16)15-7-8-20(24-2)21(13-15)25-3/h4-8,10,12-13,17H,9,11H2,1-3H3. The third-order valence-corrected chi connectivity index (χ3v) is 4.57. The van der Waals surface area contributed by atoms with E-state index in [1.807, 2.05) is 42.5 Å². The fourth-order valence-corrected chi connectivity index (χ4v) is 3.26. The van der Waals surface area contributed by atoms with E-state index in [0.29, 0.717) is 17.9 Å². The summed E-state index contributed by atoms with van der Waals surface area (Å²) < 4.78 is 16.0. The molecule has 1 atom stereocenters. The molecule has 4 nitrogen and oxygen atoms in total. The summed E-state index contributed by atoms with van der Waals surface area (Å²) in [6.45, 7) is 0. The molecule has 0 bridgehead atoms. The van der Waals surface area contributed by atoms with Gasteiger partial charge in [-0.05, 0) is 59.4 Å². The van der Waals surface area contributed by atoms with Crippen molar-refractivity contribution in [1.82, 2.24) is 0 Å². The second-order valence-corrected chi connectivity index (χ2v) is 6.09. The van der Waals surface area contributed by atoms with E-state index in [0.717, 1.165) is 28.9 Å². The quantitative estimate of drug-likeness (QED) is 0.818. The lowest BCUT2D eigenvalue weighted by Crippen LogP contribution is -2.12. The van der Waals surface area contributed by atoms with E-state index >= 15 is 0 Å². The van der Waals surface area contributed by atoms with E-state index in [9.17, 15) is 4.79 Å². The molecule has 0 N–H and O–H groups in total. The largest absolute Gasteiger partial charge is 0.497 e. The van der Waals surface area contributed by atoms with Crippen LogP contribution >= 0.6 is 0 Å². The molecule has 0 amide bonds. The van der Waals surface area contributed by atoms with Crippen LogP contribution < -0.4 is 14.2 Å². The molecule has 1 aliphatic rings. The molecular formula is C21H22O4. The van der Waals surface area contributed by atoms with Crippen LogP contribution in [0.15, 0.2) is 48.5 Å². The minimum Gasteiger partial charge on any atom is -0.497 e. The Balaban J connectivity index is 1.90. The number of hydrogen-bond donors (Lipinski definition) is 0. The zero-order valence-electron chi connectivity index (χ0n) is 14.7. The van der Waals surface area contributed by atoms with Crippen molar-refractivity contribution in [1.29, 1.82) is 0 Å². The molecule has 1 unspecified atom stereocenters. The highest BCUT2D eigenvalue weighted by molar-refractivity contribution is 5.99. The minimum absolute atomic E-state index is 0.124. The van der Waals surface area contributed by atoms with Gasteiger partial charge in [-0.1, -0.05) is 18.2 Å². The van der Waals surface area contributed by atoms with Crippen molar-refractivity contribution in [3.8, 4) is 17.2 Å². The van der Waals surface area contributed by atoms with E-state index in [2.05, 4.69) is 0 Å². The first-order valence-electron chi connectivity index (χ1n) is 8.24. The van der Waals surface area contributed by atoms with E-state index in [4.69, 9.17) is 14.2 Å². The van der Waals surface area contributed by atoms with Crippen LogP contribution in [-0.4, -0.2) is 27.1 Å². The third-order valence-electron chi connectivity index (χ3n) is 4.57. The van der Waals surface area contributed by atoms with Crippen LogP contribution in [0, 0.1) is 0 Å². The third kappa shape index (κ3) is 3.68. The number of allylic oxidation sites excluding steroid dienone is 2. The van der Waals surface area contributed by atoms with Crippen molar-refractivity contribution in [3.63, 3.8) is 0 Å². The molecule has 130 valence electrons. The molecule has 0 saturated carbocycles. The predicted molar refractivity (Wildman–Crippen MR) is 97.5 cm³/mol. The molecule has 0 spiro atoms. The Morgan fingerprint density at radius 2 is 1.68 bits per heavy atom. The molecule has 0 aliphatic heterocycles. The molecule has 0 radical (unpaired) electrons. The Labute approximate surface area is 148 Å². The van der Waals surface area contributed by atoms with Crippen molar-refractivity contribution in [2.75, 3.05) is 21.3 Å². The Morgan fingerprint density at radius 3 is 2.40 bits per heavy atom. The van der Waals surface area contributed by atoms with E-state index in [-0.39, 0.29) is 11.7 Å². The summed E-state index contributed by atoms with van der Waals surface area (Å²) in [4.78, 5) is 12.3. The number of carbonyl (C=O) groups is 1. The van der Waals surface area contributed by atoms with Gasteiger partial charge in [0.2, 0.25) is 0 Å². The zero-order valence-corrected chi connectivity index (χ0v) is 14.7. The molecule has 2 aromatic rings. The van der Waals surface area contributed by atoms with Gasteiger partial charge in [-0.2, -0.15) is 0 Å². The fourth-order valence-electron chi connectivity index (χ4n) is 3.26. The minimum atomic E-state index is 0.124. The lowest BCUT2D eigenvalue weighted by Gasteiger charge is -2.23. The van der Waals surface area contributed by atoms with Gasteiger partial charge >= 0.3 is 0 Å². The summed E-state index contributed by atoms with van der Waals surface area (Å²) in [5.74, 6) is 2.43. The first kappa shape index (κ1) is 17.1. The Morgan fingerprint density at radius 1 is 0.880 bits per heavy atom. The molecule has 3 rings (SSSR count). The van der Waals surface area contributed by atoms with Gasteiger partial charge in [0, 0.05) is 6.42 Å². The van der Waals surface area contributed by atoms with Crippen LogP contribution in [0.1, 0.15) is 29.9 Å². The lowest BCUT2D eigenvalue weighted by atomic mass is 9.81. The maximum Gasteiger partial charge on any atom is 0.160 e. The monoisotopic (exact) mass is 338 g/mol. The SMILES string of the molecule is COc1cccc(C2=CC(=O)CC(c3ccc(OC)c(OC)c3)C2)c1. The van der Waals surface area contributed by atoms with Crippen molar-refractivity contribution in [2.24, 2.45) is 0 Å². The van der Waals surface area contributed by atoms with E-state index < -0.39 is 0 Å². The normalized spacial score (nSPS) is 17.0. The van der Waals surface area contributed by atoms with Gasteiger partial charge in [-0.3, -0.25) is 4.79 Å². The van der Waals surface area contributed by atoms with Gasteiger partial charge in [0.05, 0.1) is 21.3 Å². The van der Waals surface area contributed by atoms with Crippen molar-refractivity contribution in [3.05, 3.63) is 59.7 Å². The number of ether oxygens (including phenoxy) is 3. The van der Waals surface area contributed by atoms with Gasteiger partial charge in [0.25, 0.3) is 0 Å². The average Bonchev–Trinajstić information content (AvgIpc) is 2.67. The van der Waals surface area contributed by atoms with Gasteiger partial charge in [0.15, 0.2) is 17.3 Å². The average molecular weight is 338 g/mol. The van der Waals surface area contributed by atoms with Crippen molar-refractivity contribution >= 4 is 11.4 Å². The Hall–Kier alpha value is -2.75. The summed E-state index contributed by atoms with van der Waals surface area (Å²) in [7, 11) is 4.88.